The molecule has 2 atom stereocenters. The van der Waals surface area contributed by atoms with E-state index in [2.05, 4.69) is 40.7 Å². The molecular formula is C21H23N5. The van der Waals surface area contributed by atoms with Crippen molar-refractivity contribution in [1.82, 2.24) is 9.55 Å². The molecule has 0 amide bonds. The number of fused-ring (bicyclic) bond motifs is 1. The highest BCUT2D eigenvalue weighted by Gasteiger charge is 2.25. The molecule has 0 radical (unpaired) electrons. The van der Waals surface area contributed by atoms with Gasteiger partial charge in [-0.2, -0.15) is 5.26 Å². The number of para-hydroxylation sites is 2. The normalized spacial score (nSPS) is 18.7. The van der Waals surface area contributed by atoms with Crippen molar-refractivity contribution in [2.75, 3.05) is 18.0 Å². The number of rotatable bonds is 3. The summed E-state index contributed by atoms with van der Waals surface area (Å²) in [5.41, 5.74) is 10.2. The van der Waals surface area contributed by atoms with Crippen molar-refractivity contribution in [2.45, 2.75) is 31.8 Å². The Labute approximate surface area is 153 Å². The summed E-state index contributed by atoms with van der Waals surface area (Å²) in [5, 5.41) is 9.05. The van der Waals surface area contributed by atoms with Gasteiger partial charge in [0.25, 0.3) is 0 Å². The summed E-state index contributed by atoms with van der Waals surface area (Å²) in [6.07, 6.45) is 2.16. The van der Waals surface area contributed by atoms with E-state index in [1.165, 1.54) is 0 Å². The zero-order valence-electron chi connectivity index (χ0n) is 15.0. The average Bonchev–Trinajstić information content (AvgIpc) is 3.07. The Morgan fingerprint density at radius 3 is 2.69 bits per heavy atom. The summed E-state index contributed by atoms with van der Waals surface area (Å²) in [4.78, 5) is 7.25. The minimum atomic E-state index is 0.114. The van der Waals surface area contributed by atoms with Gasteiger partial charge < -0.3 is 15.2 Å². The summed E-state index contributed by atoms with van der Waals surface area (Å²) in [6.45, 7) is 4.00. The number of anilines is 1. The van der Waals surface area contributed by atoms with Crippen molar-refractivity contribution in [2.24, 2.45) is 5.73 Å². The molecular weight excluding hydrogens is 322 g/mol. The molecule has 0 bridgehead atoms. The molecule has 2 N–H and O–H groups in total. The highest BCUT2D eigenvalue weighted by molar-refractivity contribution is 5.79. The van der Waals surface area contributed by atoms with Crippen LogP contribution in [-0.2, 0) is 0 Å². The average molecular weight is 345 g/mol. The molecule has 132 valence electrons. The number of imidazole rings is 1. The summed E-state index contributed by atoms with van der Waals surface area (Å²) in [5.74, 6) is 0.984. The van der Waals surface area contributed by atoms with Crippen LogP contribution in [0.3, 0.4) is 0 Å². The molecule has 5 nitrogen and oxygen atoms in total. The van der Waals surface area contributed by atoms with Gasteiger partial charge >= 0.3 is 0 Å². The zero-order valence-corrected chi connectivity index (χ0v) is 15.0. The molecule has 4 rings (SSSR count). The molecule has 1 aliphatic heterocycles. The zero-order chi connectivity index (χ0) is 18.1. The first-order valence-corrected chi connectivity index (χ1v) is 9.15. The maximum Gasteiger partial charge on any atom is 0.207 e. The maximum absolute atomic E-state index is 9.05. The van der Waals surface area contributed by atoms with Gasteiger partial charge in [0.2, 0.25) is 5.95 Å². The summed E-state index contributed by atoms with van der Waals surface area (Å²) in [7, 11) is 0. The monoisotopic (exact) mass is 345 g/mol. The Hall–Kier alpha value is -2.84. The third-order valence-corrected chi connectivity index (χ3v) is 5.23. The molecule has 3 aromatic rings. The van der Waals surface area contributed by atoms with Gasteiger partial charge in [-0.05, 0) is 49.6 Å². The third kappa shape index (κ3) is 2.93. The lowest BCUT2D eigenvalue weighted by Crippen LogP contribution is -2.44. The number of piperidine rings is 1. The third-order valence-electron chi connectivity index (χ3n) is 5.23. The summed E-state index contributed by atoms with van der Waals surface area (Å²) < 4.78 is 2.30. The van der Waals surface area contributed by atoms with Crippen LogP contribution >= 0.6 is 0 Å². The molecule has 1 saturated heterocycles. The molecule has 0 aliphatic carbocycles. The summed E-state index contributed by atoms with van der Waals surface area (Å²) >= 11 is 0. The minimum absolute atomic E-state index is 0.114. The lowest BCUT2D eigenvalue weighted by Gasteiger charge is -2.33. The van der Waals surface area contributed by atoms with Crippen LogP contribution in [-0.4, -0.2) is 28.7 Å². The fraction of sp³-hybridized carbons (Fsp3) is 0.333. The first-order chi connectivity index (χ1) is 12.7. The van der Waals surface area contributed by atoms with Crippen LogP contribution in [0.15, 0.2) is 48.5 Å². The minimum Gasteiger partial charge on any atom is -0.341 e. The molecule has 2 heterocycles. The number of nitriles is 1. The van der Waals surface area contributed by atoms with Crippen molar-refractivity contribution in [3.8, 4) is 6.07 Å². The van der Waals surface area contributed by atoms with E-state index in [4.69, 9.17) is 16.0 Å². The van der Waals surface area contributed by atoms with Gasteiger partial charge in [-0.15, -0.1) is 0 Å². The van der Waals surface area contributed by atoms with Gasteiger partial charge in [-0.25, -0.2) is 4.98 Å². The second kappa shape index (κ2) is 6.81. The van der Waals surface area contributed by atoms with E-state index in [1.54, 1.807) is 0 Å². The predicted molar refractivity (Wildman–Crippen MR) is 104 cm³/mol. The van der Waals surface area contributed by atoms with Crippen molar-refractivity contribution in [1.29, 1.82) is 5.26 Å². The van der Waals surface area contributed by atoms with E-state index in [1.807, 2.05) is 30.3 Å². The topological polar surface area (TPSA) is 70.9 Å². The molecule has 26 heavy (non-hydrogen) atoms. The van der Waals surface area contributed by atoms with E-state index in [0.717, 1.165) is 48.5 Å². The van der Waals surface area contributed by atoms with Gasteiger partial charge in [-0.3, -0.25) is 0 Å². The standard InChI is InChI=1S/C21H23N5/c1-15(17-10-8-16(13-22)9-11-17)26-20-7-3-2-6-19(20)24-21(26)25-12-4-5-18(23)14-25/h2-3,6-11,15,18H,4-5,12,14,23H2,1H3/t15?,18-/m1/s1. The second-order valence-electron chi connectivity index (χ2n) is 7.03. The molecule has 2 aromatic carbocycles. The molecule has 1 fully saturated rings. The van der Waals surface area contributed by atoms with Gasteiger partial charge in [0.15, 0.2) is 0 Å². The van der Waals surface area contributed by atoms with E-state index >= 15 is 0 Å². The Kier molecular flexibility index (Phi) is 4.36. The van der Waals surface area contributed by atoms with Crippen LogP contribution in [0.4, 0.5) is 5.95 Å². The highest BCUT2D eigenvalue weighted by atomic mass is 15.3. The fourth-order valence-corrected chi connectivity index (χ4v) is 3.81. The van der Waals surface area contributed by atoms with Crippen LogP contribution in [0.2, 0.25) is 0 Å². The first-order valence-electron chi connectivity index (χ1n) is 9.15. The smallest absolute Gasteiger partial charge is 0.207 e. The number of hydrogen-bond acceptors (Lipinski definition) is 4. The molecule has 1 unspecified atom stereocenters. The largest absolute Gasteiger partial charge is 0.341 e. The van der Waals surface area contributed by atoms with Crippen LogP contribution < -0.4 is 10.6 Å². The highest BCUT2D eigenvalue weighted by Crippen LogP contribution is 2.31. The van der Waals surface area contributed by atoms with Crippen LogP contribution in [0.5, 0.6) is 0 Å². The maximum atomic E-state index is 9.05. The van der Waals surface area contributed by atoms with Gasteiger partial charge in [0, 0.05) is 19.1 Å². The van der Waals surface area contributed by atoms with Gasteiger partial charge in [0.1, 0.15) is 0 Å². The molecule has 5 heteroatoms. The van der Waals surface area contributed by atoms with Crippen LogP contribution in [0.25, 0.3) is 11.0 Å². The number of benzene rings is 2. The molecule has 1 aliphatic rings. The van der Waals surface area contributed by atoms with Crippen LogP contribution in [0.1, 0.15) is 36.9 Å². The molecule has 0 spiro atoms. The SMILES string of the molecule is CC(c1ccc(C#N)cc1)n1c(N2CCC[C@@H](N)C2)nc2ccccc21. The van der Waals surface area contributed by atoms with E-state index in [0.29, 0.717) is 5.56 Å². The quantitative estimate of drug-likeness (QED) is 0.789. The number of nitrogens with two attached hydrogens (primary N) is 1. The van der Waals surface area contributed by atoms with E-state index < -0.39 is 0 Å². The fourth-order valence-electron chi connectivity index (χ4n) is 3.81. The lowest BCUT2D eigenvalue weighted by atomic mass is 10.1. The van der Waals surface area contributed by atoms with E-state index in [9.17, 15) is 0 Å². The Balaban J connectivity index is 1.81. The van der Waals surface area contributed by atoms with Gasteiger partial charge in [0.05, 0.1) is 28.7 Å². The Morgan fingerprint density at radius 2 is 1.96 bits per heavy atom. The Morgan fingerprint density at radius 1 is 1.19 bits per heavy atom. The molecule has 1 aromatic heterocycles. The lowest BCUT2D eigenvalue weighted by molar-refractivity contribution is 0.490. The van der Waals surface area contributed by atoms with Crippen molar-refractivity contribution < 1.29 is 0 Å². The van der Waals surface area contributed by atoms with Crippen molar-refractivity contribution in [3.05, 3.63) is 59.7 Å². The number of hydrogen-bond donors (Lipinski definition) is 1. The number of nitrogens with zero attached hydrogens (tertiary/aromatic N) is 4. The van der Waals surface area contributed by atoms with Gasteiger partial charge in [-0.1, -0.05) is 24.3 Å². The Bertz CT molecular complexity index is 951. The number of aromatic nitrogens is 2. The van der Waals surface area contributed by atoms with E-state index in [-0.39, 0.29) is 12.1 Å². The predicted octanol–water partition coefficient (Wildman–Crippen LogP) is 3.44. The summed E-state index contributed by atoms with van der Waals surface area (Å²) in [6, 6.07) is 18.6. The van der Waals surface area contributed by atoms with Crippen molar-refractivity contribution >= 4 is 17.0 Å². The molecule has 0 saturated carbocycles. The van der Waals surface area contributed by atoms with Crippen molar-refractivity contribution in [3.63, 3.8) is 0 Å². The first kappa shape index (κ1) is 16.6. The van der Waals surface area contributed by atoms with Crippen LogP contribution in [0, 0.1) is 11.3 Å². The second-order valence-corrected chi connectivity index (χ2v) is 7.03.